The van der Waals surface area contributed by atoms with Crippen LogP contribution in [0.15, 0.2) is 54.1 Å². The molecule has 3 heterocycles. The Labute approximate surface area is 156 Å². The van der Waals surface area contributed by atoms with Crippen molar-refractivity contribution in [3.05, 3.63) is 65.4 Å². The van der Waals surface area contributed by atoms with Gasteiger partial charge in [0.25, 0.3) is 5.91 Å². The summed E-state index contributed by atoms with van der Waals surface area (Å²) in [6, 6.07) is 9.01. The van der Waals surface area contributed by atoms with E-state index in [1.807, 2.05) is 62.0 Å². The highest BCUT2D eigenvalue weighted by atomic mass is 16.1. The minimum Gasteiger partial charge on any atom is -0.328 e. The molecule has 2 aromatic heterocycles. The quantitative estimate of drug-likeness (QED) is 0.744. The Morgan fingerprint density at radius 3 is 2.74 bits per heavy atom. The number of carbonyl (C=O) groups is 1. The van der Waals surface area contributed by atoms with Crippen LogP contribution in [-0.4, -0.2) is 30.5 Å². The van der Waals surface area contributed by atoms with Crippen LogP contribution in [-0.2, 0) is 11.3 Å². The van der Waals surface area contributed by atoms with E-state index >= 15 is 0 Å². The Morgan fingerprint density at radius 2 is 2.04 bits per heavy atom. The van der Waals surface area contributed by atoms with Gasteiger partial charge >= 0.3 is 0 Å². The van der Waals surface area contributed by atoms with E-state index in [0.29, 0.717) is 11.5 Å². The highest BCUT2D eigenvalue weighted by Gasteiger charge is 2.35. The van der Waals surface area contributed by atoms with Gasteiger partial charge in [0.05, 0.1) is 11.3 Å². The molecule has 138 valence electrons. The Bertz CT molecular complexity index is 1020. The second-order valence-corrected chi connectivity index (χ2v) is 6.44. The van der Waals surface area contributed by atoms with Gasteiger partial charge in [-0.15, -0.1) is 0 Å². The van der Waals surface area contributed by atoms with Crippen molar-refractivity contribution in [2.45, 2.75) is 33.4 Å². The number of hydrogen-bond donors (Lipinski definition) is 2. The monoisotopic (exact) mass is 363 g/mol. The standard InChI is InChI=1S/C19H21N7O/c1-4-25-10-15(12(2)24-25)17-16(13(3)22-19-20-11-21-26(17)19)18(27)23-14-8-6-5-7-9-14/h5-11,17H,4H2,1-3H3,(H,23,27)(H,20,21,22)/t17-/m1/s1. The Balaban J connectivity index is 1.79. The fourth-order valence-electron chi connectivity index (χ4n) is 3.36. The molecule has 1 amide bonds. The zero-order chi connectivity index (χ0) is 19.0. The van der Waals surface area contributed by atoms with Crippen LogP contribution in [0.2, 0.25) is 0 Å². The SMILES string of the molecule is CCn1cc([C@@H]2C(C(=O)Nc3ccccc3)=C(C)Nc3ncnn32)c(C)n1. The number of allylic oxidation sites excluding steroid dienone is 1. The van der Waals surface area contributed by atoms with Crippen molar-refractivity contribution in [1.82, 2.24) is 24.5 Å². The molecule has 0 spiro atoms. The van der Waals surface area contributed by atoms with Crippen molar-refractivity contribution in [2.24, 2.45) is 0 Å². The maximum atomic E-state index is 13.2. The number of fused-ring (bicyclic) bond motifs is 1. The summed E-state index contributed by atoms with van der Waals surface area (Å²) in [6.07, 6.45) is 3.46. The Morgan fingerprint density at radius 1 is 1.26 bits per heavy atom. The lowest BCUT2D eigenvalue weighted by Gasteiger charge is -2.28. The smallest absolute Gasteiger partial charge is 0.255 e. The molecule has 0 saturated carbocycles. The molecule has 3 aromatic rings. The molecule has 1 atom stereocenters. The average Bonchev–Trinajstić information content (AvgIpc) is 3.27. The summed E-state index contributed by atoms with van der Waals surface area (Å²) < 4.78 is 3.60. The normalized spacial score (nSPS) is 16.0. The highest BCUT2D eigenvalue weighted by Crippen LogP contribution is 2.36. The van der Waals surface area contributed by atoms with E-state index in [0.717, 1.165) is 29.2 Å². The zero-order valence-corrected chi connectivity index (χ0v) is 15.5. The van der Waals surface area contributed by atoms with Crippen LogP contribution in [0.1, 0.15) is 31.1 Å². The van der Waals surface area contributed by atoms with Crippen LogP contribution in [0.3, 0.4) is 0 Å². The summed E-state index contributed by atoms with van der Waals surface area (Å²) in [5.41, 5.74) is 3.88. The molecule has 27 heavy (non-hydrogen) atoms. The second-order valence-electron chi connectivity index (χ2n) is 6.44. The number of carbonyl (C=O) groups excluding carboxylic acids is 1. The highest BCUT2D eigenvalue weighted by molar-refractivity contribution is 6.06. The number of amides is 1. The predicted octanol–water partition coefficient (Wildman–Crippen LogP) is 2.73. The van der Waals surface area contributed by atoms with Gasteiger partial charge in [-0.1, -0.05) is 18.2 Å². The maximum Gasteiger partial charge on any atom is 0.255 e. The van der Waals surface area contributed by atoms with Crippen LogP contribution in [0.25, 0.3) is 0 Å². The van der Waals surface area contributed by atoms with Crippen LogP contribution in [0, 0.1) is 6.92 Å². The summed E-state index contributed by atoms with van der Waals surface area (Å²) in [4.78, 5) is 17.4. The Kier molecular flexibility index (Phi) is 4.23. The predicted molar refractivity (Wildman–Crippen MR) is 102 cm³/mol. The lowest BCUT2D eigenvalue weighted by Crippen LogP contribution is -2.31. The number of anilines is 2. The molecule has 0 aliphatic carbocycles. The number of benzene rings is 1. The molecule has 0 radical (unpaired) electrons. The third-order valence-corrected chi connectivity index (χ3v) is 4.67. The van der Waals surface area contributed by atoms with Gasteiger partial charge in [-0.3, -0.25) is 9.48 Å². The van der Waals surface area contributed by atoms with E-state index in [4.69, 9.17) is 0 Å². The summed E-state index contributed by atoms with van der Waals surface area (Å²) in [5, 5.41) is 15.1. The minimum atomic E-state index is -0.396. The Hall–Kier alpha value is -3.42. The van der Waals surface area contributed by atoms with E-state index < -0.39 is 6.04 Å². The average molecular weight is 363 g/mol. The molecule has 2 N–H and O–H groups in total. The molecular weight excluding hydrogens is 342 g/mol. The van der Waals surface area contributed by atoms with Crippen LogP contribution in [0.4, 0.5) is 11.6 Å². The van der Waals surface area contributed by atoms with Crippen molar-refractivity contribution < 1.29 is 4.79 Å². The lowest BCUT2D eigenvalue weighted by molar-refractivity contribution is -0.113. The molecular formula is C19H21N7O. The third-order valence-electron chi connectivity index (χ3n) is 4.67. The number of aryl methyl sites for hydroxylation is 2. The van der Waals surface area contributed by atoms with Crippen molar-refractivity contribution in [3.63, 3.8) is 0 Å². The van der Waals surface area contributed by atoms with Crippen LogP contribution in [0.5, 0.6) is 0 Å². The first-order valence-corrected chi connectivity index (χ1v) is 8.86. The first kappa shape index (κ1) is 17.0. The van der Waals surface area contributed by atoms with Gasteiger partial charge in [-0.2, -0.15) is 15.2 Å². The number of rotatable bonds is 4. The summed E-state index contributed by atoms with van der Waals surface area (Å²) in [7, 11) is 0. The largest absolute Gasteiger partial charge is 0.328 e. The fourth-order valence-corrected chi connectivity index (χ4v) is 3.36. The van der Waals surface area contributed by atoms with Crippen molar-refractivity contribution in [2.75, 3.05) is 10.6 Å². The van der Waals surface area contributed by atoms with Crippen molar-refractivity contribution in [1.29, 1.82) is 0 Å². The van der Waals surface area contributed by atoms with Crippen LogP contribution >= 0.6 is 0 Å². The third kappa shape index (κ3) is 2.99. The first-order chi connectivity index (χ1) is 13.1. The molecule has 1 aliphatic heterocycles. The molecule has 8 heteroatoms. The molecule has 0 fully saturated rings. The minimum absolute atomic E-state index is 0.180. The first-order valence-electron chi connectivity index (χ1n) is 8.86. The molecule has 1 aliphatic rings. The fraction of sp³-hybridized carbons (Fsp3) is 0.263. The van der Waals surface area contributed by atoms with E-state index in [1.54, 1.807) is 4.68 Å². The van der Waals surface area contributed by atoms with E-state index in [1.165, 1.54) is 6.33 Å². The molecule has 0 saturated heterocycles. The van der Waals surface area contributed by atoms with Gasteiger partial charge in [0.1, 0.15) is 12.4 Å². The van der Waals surface area contributed by atoms with Gasteiger partial charge in [0.2, 0.25) is 5.95 Å². The van der Waals surface area contributed by atoms with E-state index in [-0.39, 0.29) is 5.91 Å². The summed E-state index contributed by atoms with van der Waals surface area (Å²) in [6.45, 7) is 6.61. The number of aromatic nitrogens is 5. The van der Waals surface area contributed by atoms with Gasteiger partial charge < -0.3 is 10.6 Å². The second kappa shape index (κ2) is 6.71. The molecule has 4 rings (SSSR count). The maximum absolute atomic E-state index is 13.2. The number of para-hydroxylation sites is 1. The number of nitrogens with one attached hydrogen (secondary N) is 2. The van der Waals surface area contributed by atoms with Crippen LogP contribution < -0.4 is 10.6 Å². The number of nitrogens with zero attached hydrogens (tertiary/aromatic N) is 5. The number of hydrogen-bond acceptors (Lipinski definition) is 5. The molecule has 0 bridgehead atoms. The van der Waals surface area contributed by atoms with Gasteiger partial charge in [-0.05, 0) is 32.9 Å². The topological polar surface area (TPSA) is 89.7 Å². The van der Waals surface area contributed by atoms with Crippen molar-refractivity contribution >= 4 is 17.5 Å². The summed E-state index contributed by atoms with van der Waals surface area (Å²) >= 11 is 0. The van der Waals surface area contributed by atoms with E-state index in [2.05, 4.69) is 25.8 Å². The summed E-state index contributed by atoms with van der Waals surface area (Å²) in [5.74, 6) is 0.429. The molecule has 1 aromatic carbocycles. The van der Waals surface area contributed by atoms with Gasteiger partial charge in [0.15, 0.2) is 0 Å². The van der Waals surface area contributed by atoms with Gasteiger partial charge in [-0.25, -0.2) is 4.68 Å². The molecule has 0 unspecified atom stereocenters. The molecule has 8 nitrogen and oxygen atoms in total. The zero-order valence-electron chi connectivity index (χ0n) is 15.5. The van der Waals surface area contributed by atoms with Crippen molar-refractivity contribution in [3.8, 4) is 0 Å². The van der Waals surface area contributed by atoms with E-state index in [9.17, 15) is 4.79 Å². The van der Waals surface area contributed by atoms with Gasteiger partial charge in [0, 0.05) is 29.7 Å². The lowest BCUT2D eigenvalue weighted by atomic mass is 9.95.